The van der Waals surface area contributed by atoms with E-state index in [0.29, 0.717) is 0 Å². The quantitative estimate of drug-likeness (QED) is 0.865. The third-order valence-electron chi connectivity index (χ3n) is 3.25. The summed E-state index contributed by atoms with van der Waals surface area (Å²) in [5, 5.41) is 3.44. The zero-order valence-corrected chi connectivity index (χ0v) is 11.1. The van der Waals surface area contributed by atoms with Crippen molar-refractivity contribution in [1.82, 2.24) is 14.9 Å². The number of unbranched alkanes of at least 4 members (excludes halogenated alkanes) is 1. The van der Waals surface area contributed by atoms with Gasteiger partial charge in [-0.1, -0.05) is 13.3 Å². The topological polar surface area (TPSA) is 33.1 Å². The summed E-state index contributed by atoms with van der Waals surface area (Å²) in [6.45, 7) is 9.81. The van der Waals surface area contributed by atoms with Gasteiger partial charge in [0.25, 0.3) is 0 Å². The molecule has 2 heterocycles. The second kappa shape index (κ2) is 6.05. The standard InChI is InChI=1S/C13H24N4/c1-3-4-8-17-11-12(2)15-13(17)16-9-5-6-14-7-10-16/h11,14H,3-10H2,1-2H3. The van der Waals surface area contributed by atoms with Gasteiger partial charge in [0.05, 0.1) is 5.69 Å². The summed E-state index contributed by atoms with van der Waals surface area (Å²) < 4.78 is 2.32. The van der Waals surface area contributed by atoms with Crippen LogP contribution in [0.3, 0.4) is 0 Å². The molecule has 1 aliphatic rings. The van der Waals surface area contributed by atoms with Crippen molar-refractivity contribution in [2.24, 2.45) is 0 Å². The fourth-order valence-electron chi connectivity index (χ4n) is 2.33. The number of hydrogen-bond donors (Lipinski definition) is 1. The van der Waals surface area contributed by atoms with Crippen molar-refractivity contribution >= 4 is 5.95 Å². The molecule has 1 fully saturated rings. The molecule has 1 N–H and O–H groups in total. The highest BCUT2D eigenvalue weighted by Crippen LogP contribution is 2.16. The van der Waals surface area contributed by atoms with Gasteiger partial charge < -0.3 is 14.8 Å². The molecule has 0 amide bonds. The van der Waals surface area contributed by atoms with Crippen LogP contribution >= 0.6 is 0 Å². The Bertz CT molecular complexity index is 337. The first kappa shape index (κ1) is 12.4. The van der Waals surface area contributed by atoms with E-state index in [0.717, 1.165) is 38.4 Å². The van der Waals surface area contributed by atoms with Gasteiger partial charge in [-0.15, -0.1) is 0 Å². The number of anilines is 1. The number of nitrogens with one attached hydrogen (secondary N) is 1. The Hall–Kier alpha value is -1.03. The lowest BCUT2D eigenvalue weighted by Crippen LogP contribution is -2.30. The Morgan fingerprint density at radius 2 is 2.24 bits per heavy atom. The van der Waals surface area contributed by atoms with Gasteiger partial charge in [-0.05, 0) is 26.3 Å². The average molecular weight is 236 g/mol. The molecule has 0 radical (unpaired) electrons. The van der Waals surface area contributed by atoms with Crippen molar-refractivity contribution < 1.29 is 0 Å². The summed E-state index contributed by atoms with van der Waals surface area (Å²) >= 11 is 0. The first-order chi connectivity index (χ1) is 8.31. The molecule has 0 spiro atoms. The van der Waals surface area contributed by atoms with E-state index in [1.165, 1.54) is 25.2 Å². The van der Waals surface area contributed by atoms with Gasteiger partial charge in [0.2, 0.25) is 5.95 Å². The predicted octanol–water partition coefficient (Wildman–Crippen LogP) is 1.79. The number of rotatable bonds is 4. The van der Waals surface area contributed by atoms with E-state index in [1.54, 1.807) is 0 Å². The molecule has 0 atom stereocenters. The molecule has 1 saturated heterocycles. The summed E-state index contributed by atoms with van der Waals surface area (Å²) in [5.74, 6) is 1.17. The van der Waals surface area contributed by atoms with Crippen molar-refractivity contribution in [3.8, 4) is 0 Å². The summed E-state index contributed by atoms with van der Waals surface area (Å²) in [6, 6.07) is 0. The highest BCUT2D eigenvalue weighted by molar-refractivity contribution is 5.33. The molecule has 0 unspecified atom stereocenters. The largest absolute Gasteiger partial charge is 0.341 e. The van der Waals surface area contributed by atoms with E-state index >= 15 is 0 Å². The Morgan fingerprint density at radius 3 is 3.06 bits per heavy atom. The number of aryl methyl sites for hydroxylation is 2. The van der Waals surface area contributed by atoms with E-state index in [2.05, 4.69) is 39.8 Å². The number of aromatic nitrogens is 2. The highest BCUT2D eigenvalue weighted by Gasteiger charge is 2.15. The first-order valence-corrected chi connectivity index (χ1v) is 6.80. The zero-order chi connectivity index (χ0) is 12.1. The molecule has 0 aromatic carbocycles. The average Bonchev–Trinajstić information content (AvgIpc) is 2.56. The van der Waals surface area contributed by atoms with Crippen LogP contribution in [0.4, 0.5) is 5.95 Å². The van der Waals surface area contributed by atoms with Gasteiger partial charge in [0, 0.05) is 32.4 Å². The molecule has 1 aromatic heterocycles. The lowest BCUT2D eigenvalue weighted by atomic mass is 10.3. The smallest absolute Gasteiger partial charge is 0.205 e. The minimum absolute atomic E-state index is 1.07. The fraction of sp³-hybridized carbons (Fsp3) is 0.769. The molecule has 0 saturated carbocycles. The van der Waals surface area contributed by atoms with Crippen LogP contribution in [0.5, 0.6) is 0 Å². The summed E-state index contributed by atoms with van der Waals surface area (Å²) in [6.07, 6.45) is 5.86. The number of imidazole rings is 1. The van der Waals surface area contributed by atoms with Crippen LogP contribution in [0.2, 0.25) is 0 Å². The molecular weight excluding hydrogens is 212 g/mol. The zero-order valence-electron chi connectivity index (χ0n) is 11.1. The number of nitrogens with zero attached hydrogens (tertiary/aromatic N) is 3. The first-order valence-electron chi connectivity index (χ1n) is 6.80. The van der Waals surface area contributed by atoms with Gasteiger partial charge in [0.15, 0.2) is 0 Å². The molecule has 4 nitrogen and oxygen atoms in total. The van der Waals surface area contributed by atoms with Gasteiger partial charge in [0.1, 0.15) is 0 Å². The maximum absolute atomic E-state index is 4.69. The van der Waals surface area contributed by atoms with Crippen LogP contribution in [0.1, 0.15) is 31.9 Å². The normalized spacial score (nSPS) is 17.2. The minimum atomic E-state index is 1.07. The Morgan fingerprint density at radius 1 is 1.35 bits per heavy atom. The van der Waals surface area contributed by atoms with Crippen molar-refractivity contribution in [1.29, 1.82) is 0 Å². The second-order valence-electron chi connectivity index (χ2n) is 4.82. The molecule has 96 valence electrons. The van der Waals surface area contributed by atoms with Gasteiger partial charge >= 0.3 is 0 Å². The van der Waals surface area contributed by atoms with E-state index in [1.807, 2.05) is 0 Å². The summed E-state index contributed by atoms with van der Waals surface area (Å²) in [7, 11) is 0. The second-order valence-corrected chi connectivity index (χ2v) is 4.82. The van der Waals surface area contributed by atoms with E-state index < -0.39 is 0 Å². The molecule has 1 aromatic rings. The van der Waals surface area contributed by atoms with Gasteiger partial charge in [-0.25, -0.2) is 4.98 Å². The van der Waals surface area contributed by atoms with E-state index in [9.17, 15) is 0 Å². The van der Waals surface area contributed by atoms with Crippen LogP contribution in [-0.2, 0) is 6.54 Å². The van der Waals surface area contributed by atoms with Crippen LogP contribution in [-0.4, -0.2) is 35.7 Å². The third-order valence-corrected chi connectivity index (χ3v) is 3.25. The minimum Gasteiger partial charge on any atom is -0.341 e. The fourth-order valence-corrected chi connectivity index (χ4v) is 2.33. The maximum Gasteiger partial charge on any atom is 0.205 e. The molecule has 4 heteroatoms. The van der Waals surface area contributed by atoms with Crippen LogP contribution in [0.25, 0.3) is 0 Å². The Labute approximate surface area is 104 Å². The predicted molar refractivity (Wildman–Crippen MR) is 71.6 cm³/mol. The van der Waals surface area contributed by atoms with E-state index in [4.69, 9.17) is 0 Å². The molecule has 2 rings (SSSR count). The highest BCUT2D eigenvalue weighted by atomic mass is 15.3. The SMILES string of the molecule is CCCCn1cc(C)nc1N1CCCNCC1. The molecule has 1 aliphatic heterocycles. The monoisotopic (exact) mass is 236 g/mol. The van der Waals surface area contributed by atoms with Crippen molar-refractivity contribution in [3.63, 3.8) is 0 Å². The van der Waals surface area contributed by atoms with Gasteiger partial charge in [-0.3, -0.25) is 0 Å². The molecular formula is C13H24N4. The van der Waals surface area contributed by atoms with Gasteiger partial charge in [-0.2, -0.15) is 0 Å². The maximum atomic E-state index is 4.69. The van der Waals surface area contributed by atoms with Crippen molar-refractivity contribution in [2.75, 3.05) is 31.1 Å². The lowest BCUT2D eigenvalue weighted by molar-refractivity contribution is 0.615. The molecule has 0 aliphatic carbocycles. The van der Waals surface area contributed by atoms with Crippen LogP contribution < -0.4 is 10.2 Å². The van der Waals surface area contributed by atoms with E-state index in [-0.39, 0.29) is 0 Å². The van der Waals surface area contributed by atoms with Crippen molar-refractivity contribution in [3.05, 3.63) is 11.9 Å². The Kier molecular flexibility index (Phi) is 4.42. The van der Waals surface area contributed by atoms with Crippen LogP contribution in [0, 0.1) is 6.92 Å². The molecule has 0 bridgehead atoms. The third kappa shape index (κ3) is 3.22. The summed E-state index contributed by atoms with van der Waals surface area (Å²) in [4.78, 5) is 7.11. The summed E-state index contributed by atoms with van der Waals surface area (Å²) in [5.41, 5.74) is 1.13. The number of hydrogen-bond acceptors (Lipinski definition) is 3. The lowest BCUT2D eigenvalue weighted by Gasteiger charge is -2.22. The van der Waals surface area contributed by atoms with Crippen LogP contribution in [0.15, 0.2) is 6.20 Å². The molecule has 17 heavy (non-hydrogen) atoms. The van der Waals surface area contributed by atoms with Crippen molar-refractivity contribution in [2.45, 2.75) is 39.7 Å². The Balaban J connectivity index is 2.11.